The lowest BCUT2D eigenvalue weighted by molar-refractivity contribution is -0.141. The van der Waals surface area contributed by atoms with Crippen molar-refractivity contribution in [3.8, 4) is 5.75 Å². The van der Waals surface area contributed by atoms with Gasteiger partial charge in [-0.25, -0.2) is 6.57 Å². The SMILES string of the molecule is [C-]#[N+]COc1cccc([C@@H]2CNC[C@@H]2CC(=O)OC)c1. The van der Waals surface area contributed by atoms with Crippen LogP contribution < -0.4 is 10.1 Å². The second-order valence-electron chi connectivity index (χ2n) is 4.81. The lowest BCUT2D eigenvalue weighted by Gasteiger charge is -2.18. The molecule has 1 aromatic rings. The first kappa shape index (κ1) is 14.4. The minimum atomic E-state index is -0.177. The van der Waals surface area contributed by atoms with Crippen LogP contribution in [0.3, 0.4) is 0 Å². The minimum absolute atomic E-state index is 0.0258. The van der Waals surface area contributed by atoms with Crippen molar-refractivity contribution in [1.29, 1.82) is 0 Å². The highest BCUT2D eigenvalue weighted by Crippen LogP contribution is 2.32. The van der Waals surface area contributed by atoms with E-state index in [2.05, 4.69) is 10.2 Å². The molecule has 2 rings (SSSR count). The number of rotatable bonds is 5. The molecule has 0 aromatic heterocycles. The third-order valence-corrected chi connectivity index (χ3v) is 3.58. The lowest BCUT2D eigenvalue weighted by Crippen LogP contribution is -2.16. The Morgan fingerprint density at radius 3 is 3.10 bits per heavy atom. The molecule has 1 fully saturated rings. The van der Waals surface area contributed by atoms with E-state index < -0.39 is 0 Å². The lowest BCUT2D eigenvalue weighted by atomic mass is 9.87. The van der Waals surface area contributed by atoms with Crippen molar-refractivity contribution in [2.75, 3.05) is 26.9 Å². The normalized spacial score (nSPS) is 21.2. The predicted molar refractivity (Wildman–Crippen MR) is 74.3 cm³/mol. The Labute approximate surface area is 118 Å². The van der Waals surface area contributed by atoms with E-state index in [1.165, 1.54) is 7.11 Å². The topological polar surface area (TPSA) is 51.9 Å². The molecule has 0 unspecified atom stereocenters. The highest BCUT2D eigenvalue weighted by molar-refractivity contribution is 5.69. The van der Waals surface area contributed by atoms with Crippen molar-refractivity contribution < 1.29 is 14.3 Å². The van der Waals surface area contributed by atoms with Crippen LogP contribution in [-0.4, -0.2) is 32.9 Å². The van der Waals surface area contributed by atoms with Gasteiger partial charge < -0.3 is 14.8 Å². The number of benzene rings is 1. The van der Waals surface area contributed by atoms with Crippen LogP contribution in [0.5, 0.6) is 5.75 Å². The van der Waals surface area contributed by atoms with Gasteiger partial charge in [-0.15, -0.1) is 0 Å². The standard InChI is InChI=1S/C15H18N2O3/c1-16-10-20-13-5-3-4-11(6-13)14-9-17-8-12(14)7-15(18)19-2/h3-6,12,14,17H,7-10H2,2H3/t12-,14-/m0/s1. The number of carbonyl (C=O) groups is 1. The average molecular weight is 274 g/mol. The molecule has 1 N–H and O–H groups in total. The van der Waals surface area contributed by atoms with Gasteiger partial charge in [-0.05, 0) is 30.2 Å². The monoisotopic (exact) mass is 274 g/mol. The van der Waals surface area contributed by atoms with E-state index >= 15 is 0 Å². The van der Waals surface area contributed by atoms with Gasteiger partial charge in [0, 0.05) is 12.5 Å². The molecule has 0 amide bonds. The molecule has 5 heteroatoms. The minimum Gasteiger partial charge on any atom is -0.469 e. The van der Waals surface area contributed by atoms with Gasteiger partial charge in [0.15, 0.2) is 0 Å². The van der Waals surface area contributed by atoms with Crippen LogP contribution in [0.4, 0.5) is 0 Å². The van der Waals surface area contributed by atoms with Gasteiger partial charge in [0.2, 0.25) is 0 Å². The summed E-state index contributed by atoms with van der Waals surface area (Å²) in [7, 11) is 1.42. The number of nitrogens with zero attached hydrogens (tertiary/aromatic N) is 1. The van der Waals surface area contributed by atoms with E-state index in [1.807, 2.05) is 24.3 Å². The number of hydrogen-bond acceptors (Lipinski definition) is 4. The van der Waals surface area contributed by atoms with Gasteiger partial charge in [0.1, 0.15) is 5.75 Å². The first-order valence-electron chi connectivity index (χ1n) is 6.58. The van der Waals surface area contributed by atoms with Crippen LogP contribution in [-0.2, 0) is 9.53 Å². The van der Waals surface area contributed by atoms with Crippen LogP contribution in [0.15, 0.2) is 24.3 Å². The van der Waals surface area contributed by atoms with E-state index in [-0.39, 0.29) is 24.5 Å². The number of ether oxygens (including phenoxy) is 2. The van der Waals surface area contributed by atoms with Gasteiger partial charge in [-0.3, -0.25) is 9.64 Å². The molecular formula is C15H18N2O3. The first-order chi connectivity index (χ1) is 9.74. The van der Waals surface area contributed by atoms with Crippen LogP contribution in [0.25, 0.3) is 4.85 Å². The Kier molecular flexibility index (Phi) is 4.97. The molecule has 106 valence electrons. The molecule has 5 nitrogen and oxygen atoms in total. The molecule has 0 bridgehead atoms. The van der Waals surface area contributed by atoms with E-state index in [9.17, 15) is 4.79 Å². The molecule has 0 saturated carbocycles. The second kappa shape index (κ2) is 6.92. The number of nitrogens with one attached hydrogen (secondary N) is 1. The quantitative estimate of drug-likeness (QED) is 0.657. The Morgan fingerprint density at radius 1 is 1.50 bits per heavy atom. The van der Waals surface area contributed by atoms with Gasteiger partial charge in [-0.2, -0.15) is 0 Å². The smallest absolute Gasteiger partial charge is 0.357 e. The molecule has 20 heavy (non-hydrogen) atoms. The predicted octanol–water partition coefficient (Wildman–Crippen LogP) is 1.81. The number of carbonyl (C=O) groups excluding carboxylic acids is 1. The fourth-order valence-corrected chi connectivity index (χ4v) is 2.58. The average Bonchev–Trinajstić information content (AvgIpc) is 2.93. The fourth-order valence-electron chi connectivity index (χ4n) is 2.58. The van der Waals surface area contributed by atoms with Crippen LogP contribution in [0.1, 0.15) is 17.9 Å². The maximum absolute atomic E-state index is 11.4. The molecular weight excluding hydrogens is 256 g/mol. The molecule has 1 saturated heterocycles. The molecule has 0 spiro atoms. The first-order valence-corrected chi connectivity index (χ1v) is 6.58. The molecule has 1 aromatic carbocycles. The molecule has 1 heterocycles. The van der Waals surface area contributed by atoms with E-state index in [0.717, 1.165) is 18.7 Å². The molecule has 0 aliphatic carbocycles. The summed E-state index contributed by atoms with van der Waals surface area (Å²) in [6.07, 6.45) is 0.418. The molecule has 1 aliphatic heterocycles. The number of esters is 1. The Hall–Kier alpha value is -2.06. The van der Waals surface area contributed by atoms with Crippen molar-refractivity contribution in [1.82, 2.24) is 5.32 Å². The maximum atomic E-state index is 11.4. The van der Waals surface area contributed by atoms with Crippen molar-refractivity contribution in [3.63, 3.8) is 0 Å². The number of methoxy groups -OCH3 is 1. The Bertz CT molecular complexity index is 510. The van der Waals surface area contributed by atoms with Gasteiger partial charge in [0.25, 0.3) is 0 Å². The molecule has 1 aliphatic rings. The van der Waals surface area contributed by atoms with Gasteiger partial charge in [-0.1, -0.05) is 12.1 Å². The Morgan fingerprint density at radius 2 is 2.35 bits per heavy atom. The summed E-state index contributed by atoms with van der Waals surface area (Å²) in [4.78, 5) is 14.6. The van der Waals surface area contributed by atoms with Crippen LogP contribution in [0.2, 0.25) is 0 Å². The maximum Gasteiger partial charge on any atom is 0.357 e. The highest BCUT2D eigenvalue weighted by Gasteiger charge is 2.30. The summed E-state index contributed by atoms with van der Waals surface area (Å²) in [5.41, 5.74) is 1.13. The van der Waals surface area contributed by atoms with Crippen LogP contribution >= 0.6 is 0 Å². The van der Waals surface area contributed by atoms with E-state index in [0.29, 0.717) is 12.2 Å². The summed E-state index contributed by atoms with van der Waals surface area (Å²) in [5, 5.41) is 3.32. The Balaban J connectivity index is 2.09. The number of hydrogen-bond donors (Lipinski definition) is 1. The summed E-state index contributed by atoms with van der Waals surface area (Å²) in [6, 6.07) is 7.74. The zero-order chi connectivity index (χ0) is 14.4. The van der Waals surface area contributed by atoms with E-state index in [1.54, 1.807) is 0 Å². The van der Waals surface area contributed by atoms with Crippen LogP contribution in [0, 0.1) is 12.5 Å². The largest absolute Gasteiger partial charge is 0.469 e. The summed E-state index contributed by atoms with van der Waals surface area (Å²) in [6.45, 7) is 8.42. The van der Waals surface area contributed by atoms with Crippen molar-refractivity contribution in [3.05, 3.63) is 41.2 Å². The highest BCUT2D eigenvalue weighted by atomic mass is 16.5. The zero-order valence-electron chi connectivity index (χ0n) is 11.5. The molecule has 0 radical (unpaired) electrons. The molecule has 2 atom stereocenters. The third-order valence-electron chi connectivity index (χ3n) is 3.58. The summed E-state index contributed by atoms with van der Waals surface area (Å²) < 4.78 is 10.1. The van der Waals surface area contributed by atoms with Crippen molar-refractivity contribution >= 4 is 5.97 Å². The van der Waals surface area contributed by atoms with Gasteiger partial charge in [0.05, 0.1) is 13.5 Å². The summed E-state index contributed by atoms with van der Waals surface area (Å²) in [5.74, 6) is 1.02. The third kappa shape index (κ3) is 3.49. The second-order valence-corrected chi connectivity index (χ2v) is 4.81. The van der Waals surface area contributed by atoms with Gasteiger partial charge >= 0.3 is 12.7 Å². The zero-order valence-corrected chi connectivity index (χ0v) is 11.5. The van der Waals surface area contributed by atoms with Crippen molar-refractivity contribution in [2.45, 2.75) is 12.3 Å². The van der Waals surface area contributed by atoms with Crippen molar-refractivity contribution in [2.24, 2.45) is 5.92 Å². The summed E-state index contributed by atoms with van der Waals surface area (Å²) >= 11 is 0. The van der Waals surface area contributed by atoms with E-state index in [4.69, 9.17) is 16.0 Å². The fraction of sp³-hybridized carbons (Fsp3) is 0.467.